The average molecular weight is 297 g/mol. The van der Waals surface area contributed by atoms with Gasteiger partial charge >= 0.3 is 0 Å². The molecule has 1 nitrogen and oxygen atoms in total. The van der Waals surface area contributed by atoms with Crippen LogP contribution >= 0.6 is 0 Å². The van der Waals surface area contributed by atoms with Crippen LogP contribution in [0.4, 0.5) is 0 Å². The topological polar surface area (TPSA) is 26.0 Å². The van der Waals surface area contributed by atoms with E-state index >= 15 is 0 Å². The highest BCUT2D eigenvalue weighted by molar-refractivity contribution is 5.90. The molecule has 0 spiro atoms. The second-order valence-corrected chi connectivity index (χ2v) is 5.93. The van der Waals surface area contributed by atoms with Crippen molar-refractivity contribution in [3.8, 4) is 0 Å². The van der Waals surface area contributed by atoms with E-state index in [1.165, 1.54) is 32.7 Å². The van der Waals surface area contributed by atoms with E-state index < -0.39 is 0 Å². The van der Waals surface area contributed by atoms with E-state index in [4.69, 9.17) is 5.73 Å². The van der Waals surface area contributed by atoms with Crippen LogP contribution < -0.4 is 5.73 Å². The summed E-state index contributed by atoms with van der Waals surface area (Å²) in [6.07, 6.45) is 0. The van der Waals surface area contributed by atoms with Gasteiger partial charge in [0.15, 0.2) is 0 Å². The van der Waals surface area contributed by atoms with Crippen LogP contribution in [0.3, 0.4) is 0 Å². The van der Waals surface area contributed by atoms with Crippen molar-refractivity contribution in [2.45, 2.75) is 5.92 Å². The lowest BCUT2D eigenvalue weighted by molar-refractivity contribution is 0.833. The molecule has 0 bridgehead atoms. The monoisotopic (exact) mass is 297 g/mol. The molecule has 0 atom stereocenters. The summed E-state index contributed by atoms with van der Waals surface area (Å²) in [6.45, 7) is 0.599. The summed E-state index contributed by atoms with van der Waals surface area (Å²) in [5.41, 5.74) is 8.83. The van der Waals surface area contributed by atoms with Gasteiger partial charge in [-0.3, -0.25) is 0 Å². The van der Waals surface area contributed by atoms with Crippen LogP contribution in [0.2, 0.25) is 0 Å². The van der Waals surface area contributed by atoms with Crippen LogP contribution in [0.25, 0.3) is 21.5 Å². The number of rotatable bonds is 3. The molecule has 112 valence electrons. The maximum atomic E-state index is 6.22. The van der Waals surface area contributed by atoms with Crippen LogP contribution in [0, 0.1) is 0 Å². The van der Waals surface area contributed by atoms with E-state index in [0.29, 0.717) is 6.54 Å². The fourth-order valence-electron chi connectivity index (χ4n) is 3.53. The smallest absolute Gasteiger partial charge is 0.0224 e. The molecule has 0 aromatic heterocycles. The maximum Gasteiger partial charge on any atom is 0.0224 e. The highest BCUT2D eigenvalue weighted by Crippen LogP contribution is 2.33. The number of hydrogen-bond donors (Lipinski definition) is 1. The molecule has 0 fully saturated rings. The second-order valence-electron chi connectivity index (χ2n) is 5.93. The highest BCUT2D eigenvalue weighted by atomic mass is 14.6. The molecule has 4 aromatic rings. The largest absolute Gasteiger partial charge is 0.330 e. The predicted molar refractivity (Wildman–Crippen MR) is 98.8 cm³/mol. The summed E-state index contributed by atoms with van der Waals surface area (Å²) >= 11 is 0. The maximum absolute atomic E-state index is 6.22. The third-order valence-corrected chi connectivity index (χ3v) is 4.63. The molecule has 0 radical (unpaired) electrons. The Balaban J connectivity index is 1.97. The number of hydrogen-bond acceptors (Lipinski definition) is 1. The zero-order valence-electron chi connectivity index (χ0n) is 12.9. The Labute approximate surface area is 136 Å². The van der Waals surface area contributed by atoms with E-state index in [-0.39, 0.29) is 5.92 Å². The Morgan fingerprint density at radius 2 is 1.00 bits per heavy atom. The number of fused-ring (bicyclic) bond motifs is 2. The molecule has 4 aromatic carbocycles. The van der Waals surface area contributed by atoms with Crippen LogP contribution in [-0.2, 0) is 0 Å². The van der Waals surface area contributed by atoms with Gasteiger partial charge < -0.3 is 5.73 Å². The Hall–Kier alpha value is -2.64. The van der Waals surface area contributed by atoms with Gasteiger partial charge in [0.2, 0.25) is 0 Å². The molecule has 4 rings (SSSR count). The molecule has 0 aliphatic carbocycles. The van der Waals surface area contributed by atoms with Gasteiger partial charge in [0.05, 0.1) is 0 Å². The molecule has 0 unspecified atom stereocenters. The standard InChI is InChI=1S/C22H19N/c23-15-22(20-13-5-9-16-7-1-3-11-18(16)20)21-14-6-10-17-8-2-4-12-19(17)21/h1-14,22H,15,23H2. The van der Waals surface area contributed by atoms with Gasteiger partial charge in [0.25, 0.3) is 0 Å². The molecule has 0 amide bonds. The lowest BCUT2D eigenvalue weighted by Gasteiger charge is -2.20. The minimum absolute atomic E-state index is 0.201. The molecule has 0 heterocycles. The van der Waals surface area contributed by atoms with E-state index in [9.17, 15) is 0 Å². The minimum Gasteiger partial charge on any atom is -0.330 e. The first kappa shape index (κ1) is 14.0. The predicted octanol–water partition coefficient (Wildman–Crippen LogP) is 5.08. The molecule has 23 heavy (non-hydrogen) atoms. The van der Waals surface area contributed by atoms with Gasteiger partial charge in [-0.1, -0.05) is 84.9 Å². The molecular formula is C22H19N. The molecule has 0 aliphatic heterocycles. The van der Waals surface area contributed by atoms with Crippen LogP contribution in [-0.4, -0.2) is 6.54 Å². The van der Waals surface area contributed by atoms with Crippen molar-refractivity contribution in [3.63, 3.8) is 0 Å². The van der Waals surface area contributed by atoms with Crippen molar-refractivity contribution in [3.05, 3.63) is 96.1 Å². The summed E-state index contributed by atoms with van der Waals surface area (Å²) in [5, 5.41) is 5.11. The first-order valence-corrected chi connectivity index (χ1v) is 8.04. The molecular weight excluding hydrogens is 278 g/mol. The van der Waals surface area contributed by atoms with Crippen LogP contribution in [0.5, 0.6) is 0 Å². The second kappa shape index (κ2) is 5.86. The summed E-state index contributed by atoms with van der Waals surface area (Å²) in [6, 6.07) is 30.1. The van der Waals surface area contributed by atoms with E-state index in [1.807, 2.05) is 0 Å². The van der Waals surface area contributed by atoms with E-state index in [2.05, 4.69) is 84.9 Å². The van der Waals surface area contributed by atoms with Crippen LogP contribution in [0.15, 0.2) is 84.9 Å². The van der Waals surface area contributed by atoms with Gasteiger partial charge in [0, 0.05) is 12.5 Å². The number of nitrogens with two attached hydrogens (primary N) is 1. The van der Waals surface area contributed by atoms with Crippen LogP contribution in [0.1, 0.15) is 17.0 Å². The van der Waals surface area contributed by atoms with Gasteiger partial charge in [-0.25, -0.2) is 0 Å². The molecule has 0 saturated carbocycles. The average Bonchev–Trinajstić information content (AvgIpc) is 2.63. The summed E-state index contributed by atoms with van der Waals surface area (Å²) < 4.78 is 0. The minimum atomic E-state index is 0.201. The van der Waals surface area contributed by atoms with Gasteiger partial charge in [-0.2, -0.15) is 0 Å². The summed E-state index contributed by atoms with van der Waals surface area (Å²) in [5.74, 6) is 0.201. The Bertz CT molecular complexity index is 882. The van der Waals surface area contributed by atoms with Crippen molar-refractivity contribution in [1.29, 1.82) is 0 Å². The van der Waals surface area contributed by atoms with Crippen molar-refractivity contribution >= 4 is 21.5 Å². The lowest BCUT2D eigenvalue weighted by atomic mass is 9.85. The lowest BCUT2D eigenvalue weighted by Crippen LogP contribution is -2.14. The third-order valence-electron chi connectivity index (χ3n) is 4.63. The first-order valence-electron chi connectivity index (χ1n) is 8.04. The van der Waals surface area contributed by atoms with Crippen molar-refractivity contribution in [1.82, 2.24) is 0 Å². The quantitative estimate of drug-likeness (QED) is 0.560. The van der Waals surface area contributed by atoms with Crippen molar-refractivity contribution < 1.29 is 0 Å². The SMILES string of the molecule is NCC(c1cccc2ccccc12)c1cccc2ccccc12. The van der Waals surface area contributed by atoms with E-state index in [0.717, 1.165) is 0 Å². The van der Waals surface area contributed by atoms with Gasteiger partial charge in [-0.05, 0) is 32.7 Å². The van der Waals surface area contributed by atoms with Crippen molar-refractivity contribution in [2.75, 3.05) is 6.54 Å². The Morgan fingerprint density at radius 1 is 0.565 bits per heavy atom. The first-order chi connectivity index (χ1) is 11.4. The zero-order valence-corrected chi connectivity index (χ0v) is 12.9. The fourth-order valence-corrected chi connectivity index (χ4v) is 3.53. The molecule has 0 saturated heterocycles. The fraction of sp³-hybridized carbons (Fsp3) is 0.0909. The Morgan fingerprint density at radius 3 is 1.48 bits per heavy atom. The highest BCUT2D eigenvalue weighted by Gasteiger charge is 2.17. The normalized spacial score (nSPS) is 11.4. The van der Waals surface area contributed by atoms with Crippen molar-refractivity contribution in [2.24, 2.45) is 5.73 Å². The van der Waals surface area contributed by atoms with Gasteiger partial charge in [0.1, 0.15) is 0 Å². The van der Waals surface area contributed by atoms with E-state index in [1.54, 1.807) is 0 Å². The Kier molecular flexibility index (Phi) is 3.57. The summed E-state index contributed by atoms with van der Waals surface area (Å²) in [4.78, 5) is 0. The molecule has 2 N–H and O–H groups in total. The molecule has 1 heteroatoms. The summed E-state index contributed by atoms with van der Waals surface area (Å²) in [7, 11) is 0. The number of benzene rings is 4. The third kappa shape index (κ3) is 2.39. The molecule has 0 aliphatic rings. The zero-order chi connectivity index (χ0) is 15.6. The van der Waals surface area contributed by atoms with Gasteiger partial charge in [-0.15, -0.1) is 0 Å².